The molecule has 19 heavy (non-hydrogen) atoms. The van der Waals surface area contributed by atoms with Crippen LogP contribution in [0.5, 0.6) is 5.88 Å². The summed E-state index contributed by atoms with van der Waals surface area (Å²) in [6.07, 6.45) is 2.13. The molecule has 5 heteroatoms. The molecule has 0 atom stereocenters. The van der Waals surface area contributed by atoms with Crippen LogP contribution in [0.25, 0.3) is 0 Å². The number of anilines is 1. The Balaban J connectivity index is 1.64. The fourth-order valence-electron chi connectivity index (χ4n) is 2.40. The molecular formula is C14H20N2O3. The lowest BCUT2D eigenvalue weighted by molar-refractivity contribution is 0.0237. The van der Waals surface area contributed by atoms with Gasteiger partial charge in [-0.3, -0.25) is 0 Å². The molecule has 0 aromatic carbocycles. The SMILES string of the molecule is c1cc(OC2CCOCC2)nc(N2CCOCC2)c1. The highest BCUT2D eigenvalue weighted by Crippen LogP contribution is 2.20. The zero-order valence-electron chi connectivity index (χ0n) is 11.1. The number of hydrogen-bond donors (Lipinski definition) is 0. The monoisotopic (exact) mass is 264 g/mol. The molecule has 0 aliphatic carbocycles. The second kappa shape index (κ2) is 6.21. The molecule has 1 aromatic heterocycles. The first-order chi connectivity index (χ1) is 9.42. The maximum atomic E-state index is 5.94. The van der Waals surface area contributed by atoms with Crippen LogP contribution < -0.4 is 9.64 Å². The molecule has 3 heterocycles. The summed E-state index contributed by atoms with van der Waals surface area (Å²) in [4.78, 5) is 6.83. The maximum Gasteiger partial charge on any atom is 0.215 e. The highest BCUT2D eigenvalue weighted by atomic mass is 16.5. The van der Waals surface area contributed by atoms with Crippen molar-refractivity contribution in [3.8, 4) is 5.88 Å². The van der Waals surface area contributed by atoms with Gasteiger partial charge in [-0.15, -0.1) is 0 Å². The zero-order chi connectivity index (χ0) is 12.9. The number of pyridine rings is 1. The van der Waals surface area contributed by atoms with E-state index in [1.807, 2.05) is 18.2 Å². The topological polar surface area (TPSA) is 43.8 Å². The van der Waals surface area contributed by atoms with Gasteiger partial charge in [0.1, 0.15) is 11.9 Å². The van der Waals surface area contributed by atoms with Gasteiger partial charge in [0.15, 0.2) is 0 Å². The summed E-state index contributed by atoms with van der Waals surface area (Å²) < 4.78 is 16.6. The molecule has 0 amide bonds. The van der Waals surface area contributed by atoms with Crippen molar-refractivity contribution >= 4 is 5.82 Å². The Hall–Kier alpha value is -1.33. The fraction of sp³-hybridized carbons (Fsp3) is 0.643. The molecule has 2 fully saturated rings. The molecule has 1 aromatic rings. The summed E-state index contributed by atoms with van der Waals surface area (Å²) in [5, 5.41) is 0. The van der Waals surface area contributed by atoms with Gasteiger partial charge in [-0.1, -0.05) is 6.07 Å². The molecule has 3 rings (SSSR count). The molecule has 2 saturated heterocycles. The molecular weight excluding hydrogens is 244 g/mol. The summed E-state index contributed by atoms with van der Waals surface area (Å²) in [7, 11) is 0. The normalized spacial score (nSPS) is 21.4. The fourth-order valence-corrected chi connectivity index (χ4v) is 2.40. The van der Waals surface area contributed by atoms with Gasteiger partial charge in [-0.2, -0.15) is 4.98 Å². The number of hydrogen-bond acceptors (Lipinski definition) is 5. The second-order valence-electron chi connectivity index (χ2n) is 4.86. The summed E-state index contributed by atoms with van der Waals surface area (Å²) in [5.74, 6) is 1.70. The van der Waals surface area contributed by atoms with Gasteiger partial charge in [-0.05, 0) is 6.07 Å². The summed E-state index contributed by atoms with van der Waals surface area (Å²) >= 11 is 0. The minimum Gasteiger partial charge on any atom is -0.474 e. The van der Waals surface area contributed by atoms with Crippen LogP contribution in [-0.2, 0) is 9.47 Å². The lowest BCUT2D eigenvalue weighted by Gasteiger charge is -2.28. The quantitative estimate of drug-likeness (QED) is 0.827. The Morgan fingerprint density at radius 3 is 2.58 bits per heavy atom. The van der Waals surface area contributed by atoms with Crippen LogP contribution in [-0.4, -0.2) is 50.6 Å². The van der Waals surface area contributed by atoms with E-state index >= 15 is 0 Å². The van der Waals surface area contributed by atoms with Gasteiger partial charge in [-0.25, -0.2) is 0 Å². The molecule has 0 spiro atoms. The van der Waals surface area contributed by atoms with Crippen molar-refractivity contribution in [2.45, 2.75) is 18.9 Å². The minimum absolute atomic E-state index is 0.237. The number of morpholine rings is 1. The third-order valence-electron chi connectivity index (χ3n) is 3.50. The van der Waals surface area contributed by atoms with E-state index in [4.69, 9.17) is 14.2 Å². The van der Waals surface area contributed by atoms with E-state index in [1.54, 1.807) is 0 Å². The third-order valence-corrected chi connectivity index (χ3v) is 3.50. The maximum absolute atomic E-state index is 5.94. The van der Waals surface area contributed by atoms with Crippen molar-refractivity contribution in [2.24, 2.45) is 0 Å². The van der Waals surface area contributed by atoms with Crippen LogP contribution in [0.3, 0.4) is 0 Å². The predicted octanol–water partition coefficient (Wildman–Crippen LogP) is 1.48. The largest absolute Gasteiger partial charge is 0.474 e. The van der Waals surface area contributed by atoms with E-state index in [0.717, 1.165) is 64.1 Å². The Labute approximate surface area is 113 Å². The lowest BCUT2D eigenvalue weighted by atomic mass is 10.1. The molecule has 0 unspecified atom stereocenters. The van der Waals surface area contributed by atoms with Gasteiger partial charge >= 0.3 is 0 Å². The summed E-state index contributed by atoms with van der Waals surface area (Å²) in [5.41, 5.74) is 0. The van der Waals surface area contributed by atoms with E-state index in [1.165, 1.54) is 0 Å². The predicted molar refractivity (Wildman–Crippen MR) is 71.7 cm³/mol. The van der Waals surface area contributed by atoms with Crippen molar-refractivity contribution in [2.75, 3.05) is 44.4 Å². The molecule has 0 bridgehead atoms. The first-order valence-corrected chi connectivity index (χ1v) is 6.96. The molecule has 2 aliphatic rings. The van der Waals surface area contributed by atoms with Crippen LogP contribution in [0.4, 0.5) is 5.82 Å². The van der Waals surface area contributed by atoms with Crippen LogP contribution >= 0.6 is 0 Å². The first-order valence-electron chi connectivity index (χ1n) is 6.96. The summed E-state index contributed by atoms with van der Waals surface area (Å²) in [6.45, 7) is 4.91. The minimum atomic E-state index is 0.237. The van der Waals surface area contributed by atoms with Gasteiger partial charge in [0.25, 0.3) is 0 Å². The first kappa shape index (κ1) is 12.7. The number of ether oxygens (including phenoxy) is 3. The van der Waals surface area contributed by atoms with Crippen LogP contribution in [0.2, 0.25) is 0 Å². The van der Waals surface area contributed by atoms with E-state index < -0.39 is 0 Å². The van der Waals surface area contributed by atoms with Crippen molar-refractivity contribution < 1.29 is 14.2 Å². The van der Waals surface area contributed by atoms with Crippen molar-refractivity contribution in [1.29, 1.82) is 0 Å². The lowest BCUT2D eigenvalue weighted by Crippen LogP contribution is -2.36. The van der Waals surface area contributed by atoms with Gasteiger partial charge in [0.2, 0.25) is 5.88 Å². The Kier molecular flexibility index (Phi) is 4.15. The van der Waals surface area contributed by atoms with Gasteiger partial charge < -0.3 is 19.1 Å². The standard InChI is InChI=1S/C14H20N2O3/c1-2-13(16-6-10-18-11-7-16)15-14(3-1)19-12-4-8-17-9-5-12/h1-3,12H,4-11H2. The van der Waals surface area contributed by atoms with E-state index in [2.05, 4.69) is 9.88 Å². The molecule has 2 aliphatic heterocycles. The Morgan fingerprint density at radius 2 is 1.79 bits per heavy atom. The van der Waals surface area contributed by atoms with Gasteiger partial charge in [0.05, 0.1) is 26.4 Å². The smallest absolute Gasteiger partial charge is 0.215 e. The number of aromatic nitrogens is 1. The molecule has 5 nitrogen and oxygen atoms in total. The molecule has 104 valence electrons. The van der Waals surface area contributed by atoms with Crippen LogP contribution in [0.15, 0.2) is 18.2 Å². The number of rotatable bonds is 3. The zero-order valence-corrected chi connectivity index (χ0v) is 11.1. The number of nitrogens with zero attached hydrogens (tertiary/aromatic N) is 2. The highest BCUT2D eigenvalue weighted by molar-refractivity contribution is 5.40. The molecule has 0 radical (unpaired) electrons. The van der Waals surface area contributed by atoms with Crippen LogP contribution in [0.1, 0.15) is 12.8 Å². The second-order valence-corrected chi connectivity index (χ2v) is 4.86. The van der Waals surface area contributed by atoms with Crippen molar-refractivity contribution in [1.82, 2.24) is 4.98 Å². The third kappa shape index (κ3) is 3.36. The molecule has 0 N–H and O–H groups in total. The van der Waals surface area contributed by atoms with Crippen molar-refractivity contribution in [3.05, 3.63) is 18.2 Å². The van der Waals surface area contributed by atoms with E-state index in [9.17, 15) is 0 Å². The molecule has 0 saturated carbocycles. The van der Waals surface area contributed by atoms with Gasteiger partial charge in [0, 0.05) is 32.0 Å². The Morgan fingerprint density at radius 1 is 1.05 bits per heavy atom. The van der Waals surface area contributed by atoms with E-state index in [0.29, 0.717) is 0 Å². The summed E-state index contributed by atoms with van der Waals surface area (Å²) in [6, 6.07) is 5.97. The van der Waals surface area contributed by atoms with Crippen molar-refractivity contribution in [3.63, 3.8) is 0 Å². The van der Waals surface area contributed by atoms with Crippen LogP contribution in [0, 0.1) is 0 Å². The average molecular weight is 264 g/mol. The Bertz CT molecular complexity index is 401. The highest BCUT2D eigenvalue weighted by Gasteiger charge is 2.17. The van der Waals surface area contributed by atoms with E-state index in [-0.39, 0.29) is 6.10 Å². The average Bonchev–Trinajstić information content (AvgIpc) is 2.49.